The molecule has 0 spiro atoms. The van der Waals surface area contributed by atoms with Crippen LogP contribution >= 0.6 is 11.6 Å². The molecular weight excluding hydrogens is 530 g/mol. The summed E-state index contributed by atoms with van der Waals surface area (Å²) < 4.78 is 33.6. The topological polar surface area (TPSA) is 123 Å². The van der Waals surface area contributed by atoms with E-state index in [2.05, 4.69) is 9.97 Å². The van der Waals surface area contributed by atoms with Crippen LogP contribution < -0.4 is 9.62 Å². The zero-order valence-electron chi connectivity index (χ0n) is 22.3. The van der Waals surface area contributed by atoms with Crippen LogP contribution in [0.4, 0.5) is 10.5 Å². The van der Waals surface area contributed by atoms with Gasteiger partial charge in [0.1, 0.15) is 22.6 Å². The largest absolute Gasteiger partial charge is 0.443 e. The highest BCUT2D eigenvalue weighted by atomic mass is 35.5. The summed E-state index contributed by atoms with van der Waals surface area (Å²) in [5, 5.41) is 1.39. The molecule has 204 valence electrons. The molecule has 0 radical (unpaired) electrons. The summed E-state index contributed by atoms with van der Waals surface area (Å²) >= 11 is 6.57. The van der Waals surface area contributed by atoms with E-state index in [0.717, 1.165) is 17.4 Å². The number of aryl methyl sites for hydroxylation is 1. The molecule has 0 aliphatic heterocycles. The van der Waals surface area contributed by atoms with Gasteiger partial charge in [0, 0.05) is 23.2 Å². The fourth-order valence-electron chi connectivity index (χ4n) is 3.49. The number of sulfonamides is 1. The molecule has 0 unspecified atom stereocenters. The van der Waals surface area contributed by atoms with E-state index >= 15 is 0 Å². The van der Waals surface area contributed by atoms with Gasteiger partial charge in [-0.05, 0) is 63.9 Å². The Labute approximate surface area is 227 Å². The van der Waals surface area contributed by atoms with E-state index in [9.17, 15) is 18.0 Å². The minimum absolute atomic E-state index is 0.0634. The monoisotopic (exact) mass is 561 g/mol. The molecule has 3 aromatic rings. The van der Waals surface area contributed by atoms with Gasteiger partial charge in [-0.25, -0.2) is 27.9 Å². The average molecular weight is 562 g/mol. The predicted octanol–water partition coefficient (Wildman–Crippen LogP) is 5.19. The second-order valence-corrected chi connectivity index (χ2v) is 11.7. The van der Waals surface area contributed by atoms with Crippen molar-refractivity contribution >= 4 is 50.5 Å². The molecule has 0 bridgehead atoms. The van der Waals surface area contributed by atoms with Crippen molar-refractivity contribution in [1.82, 2.24) is 19.3 Å². The zero-order valence-corrected chi connectivity index (χ0v) is 23.9. The Balaban J connectivity index is 1.86. The van der Waals surface area contributed by atoms with Gasteiger partial charge < -0.3 is 9.30 Å². The number of amides is 2. The fourth-order valence-corrected chi connectivity index (χ4v) is 4.54. The summed E-state index contributed by atoms with van der Waals surface area (Å²) in [7, 11) is -2.34. The van der Waals surface area contributed by atoms with Gasteiger partial charge in [-0.15, -0.1) is 0 Å². The quantitative estimate of drug-likeness (QED) is 0.401. The lowest BCUT2D eigenvalue weighted by atomic mass is 10.2. The molecule has 3 rings (SSSR count). The van der Waals surface area contributed by atoms with Gasteiger partial charge in [0.2, 0.25) is 0 Å². The molecule has 1 aromatic carbocycles. The number of halogens is 1. The minimum Gasteiger partial charge on any atom is -0.443 e. The lowest BCUT2D eigenvalue weighted by Crippen LogP contribution is -2.34. The number of rotatable bonds is 8. The number of nitrogens with one attached hydrogen (secondary N) is 1. The molecule has 12 heteroatoms. The van der Waals surface area contributed by atoms with E-state index in [4.69, 9.17) is 16.3 Å². The van der Waals surface area contributed by atoms with Crippen LogP contribution in [-0.4, -0.2) is 47.6 Å². The number of aromatic nitrogens is 3. The number of carbonyl (C=O) groups is 2. The normalized spacial score (nSPS) is 12.2. The molecule has 1 N–H and O–H groups in total. The third-order valence-corrected chi connectivity index (χ3v) is 6.77. The number of hydrogen-bond acceptors (Lipinski definition) is 7. The number of anilines is 1. The van der Waals surface area contributed by atoms with Crippen LogP contribution in [0.5, 0.6) is 0 Å². The third kappa shape index (κ3) is 7.32. The predicted molar refractivity (Wildman–Crippen MR) is 148 cm³/mol. The first-order chi connectivity index (χ1) is 17.7. The Bertz CT molecular complexity index is 1490. The average Bonchev–Trinajstić information content (AvgIpc) is 3.12. The highest BCUT2D eigenvalue weighted by Crippen LogP contribution is 2.26. The Kier molecular flexibility index (Phi) is 8.83. The summed E-state index contributed by atoms with van der Waals surface area (Å²) in [5.41, 5.74) is 1.55. The summed E-state index contributed by atoms with van der Waals surface area (Å²) in [6.07, 6.45) is 2.36. The van der Waals surface area contributed by atoms with E-state index in [-0.39, 0.29) is 12.2 Å². The third-order valence-electron chi connectivity index (χ3n) is 5.40. The Morgan fingerprint density at radius 1 is 1.18 bits per heavy atom. The molecule has 2 amide bonds. The standard InChI is InChI=1S/C26H32ClN5O5S/c1-7-8-9-14-38(35,36)30-24(33)22-13-12-21-23(29-22)32(17(2)28-21)16-18-10-11-19(15-20(18)27)31(6)25(34)37-26(3,4)5/h9-15H,7-8,16H2,1-6H3,(H,30,33). The van der Waals surface area contributed by atoms with Crippen LogP contribution in [0.25, 0.3) is 11.2 Å². The van der Waals surface area contributed by atoms with Crippen molar-refractivity contribution in [2.24, 2.45) is 0 Å². The SMILES string of the molecule is CCCC=CS(=O)(=O)NC(=O)c1ccc2nc(C)n(Cc3ccc(N(C)C(=O)OC(C)(C)C)cc3Cl)c2n1. The van der Waals surface area contributed by atoms with E-state index in [0.29, 0.717) is 34.1 Å². The number of allylic oxidation sites excluding steroid dienone is 1. The van der Waals surface area contributed by atoms with Crippen molar-refractivity contribution in [3.05, 3.63) is 63.9 Å². The smallest absolute Gasteiger partial charge is 0.414 e. The van der Waals surface area contributed by atoms with Gasteiger partial charge in [-0.3, -0.25) is 9.69 Å². The lowest BCUT2D eigenvalue weighted by Gasteiger charge is -2.25. The Morgan fingerprint density at radius 2 is 1.89 bits per heavy atom. The number of fused-ring (bicyclic) bond motifs is 1. The number of ether oxygens (including phenoxy) is 1. The van der Waals surface area contributed by atoms with Crippen LogP contribution in [0.2, 0.25) is 5.02 Å². The summed E-state index contributed by atoms with van der Waals surface area (Å²) in [6, 6.07) is 8.24. The van der Waals surface area contributed by atoms with Crippen LogP contribution in [0.15, 0.2) is 41.8 Å². The van der Waals surface area contributed by atoms with Gasteiger partial charge in [0.15, 0.2) is 5.65 Å². The first-order valence-electron chi connectivity index (χ1n) is 12.0. The molecule has 2 heterocycles. The van der Waals surface area contributed by atoms with Gasteiger partial charge in [-0.1, -0.05) is 37.1 Å². The Hall–Kier alpha value is -3.44. The number of hydrogen-bond donors (Lipinski definition) is 1. The summed E-state index contributed by atoms with van der Waals surface area (Å²) in [6.45, 7) is 9.37. The second kappa shape index (κ2) is 11.5. The molecule has 2 aromatic heterocycles. The van der Waals surface area contributed by atoms with Crippen LogP contribution in [0, 0.1) is 6.92 Å². The van der Waals surface area contributed by atoms with Gasteiger partial charge in [0.25, 0.3) is 15.9 Å². The van der Waals surface area contributed by atoms with Crippen molar-refractivity contribution in [2.75, 3.05) is 11.9 Å². The first kappa shape index (κ1) is 29.1. The van der Waals surface area contributed by atoms with Gasteiger partial charge in [0.05, 0.1) is 6.54 Å². The molecule has 0 fully saturated rings. The van der Waals surface area contributed by atoms with Gasteiger partial charge in [-0.2, -0.15) is 0 Å². The van der Waals surface area contributed by atoms with Crippen LogP contribution in [-0.2, 0) is 21.3 Å². The summed E-state index contributed by atoms with van der Waals surface area (Å²) in [5.74, 6) is -0.211. The minimum atomic E-state index is -3.94. The van der Waals surface area contributed by atoms with Crippen molar-refractivity contribution < 1.29 is 22.7 Å². The number of imidazole rings is 1. The van der Waals surface area contributed by atoms with Crippen LogP contribution in [0.1, 0.15) is 62.4 Å². The molecule has 0 aliphatic carbocycles. The molecule has 0 saturated carbocycles. The number of nitrogens with zero attached hydrogens (tertiary/aromatic N) is 4. The maximum Gasteiger partial charge on any atom is 0.414 e. The summed E-state index contributed by atoms with van der Waals surface area (Å²) in [4.78, 5) is 35.3. The highest BCUT2D eigenvalue weighted by molar-refractivity contribution is 7.92. The number of unbranched alkanes of at least 4 members (excludes halogenated alkanes) is 1. The second-order valence-electron chi connectivity index (χ2n) is 9.74. The number of benzene rings is 1. The lowest BCUT2D eigenvalue weighted by molar-refractivity contribution is 0.0589. The van der Waals surface area contributed by atoms with Crippen molar-refractivity contribution in [1.29, 1.82) is 0 Å². The molecular formula is C26H32ClN5O5S. The Morgan fingerprint density at radius 3 is 2.53 bits per heavy atom. The highest BCUT2D eigenvalue weighted by Gasteiger charge is 2.22. The number of pyridine rings is 1. The van der Waals surface area contributed by atoms with E-state index in [1.165, 1.54) is 17.0 Å². The fraction of sp³-hybridized carbons (Fsp3) is 0.385. The van der Waals surface area contributed by atoms with Crippen molar-refractivity contribution in [3.8, 4) is 0 Å². The maximum absolute atomic E-state index is 12.6. The zero-order chi connectivity index (χ0) is 28.3. The molecule has 0 atom stereocenters. The van der Waals surface area contributed by atoms with Crippen LogP contribution in [0.3, 0.4) is 0 Å². The molecule has 0 saturated heterocycles. The first-order valence-corrected chi connectivity index (χ1v) is 14.0. The van der Waals surface area contributed by atoms with E-state index in [1.807, 2.05) is 11.6 Å². The van der Waals surface area contributed by atoms with Gasteiger partial charge >= 0.3 is 6.09 Å². The van der Waals surface area contributed by atoms with Crippen molar-refractivity contribution in [2.45, 2.75) is 59.6 Å². The molecule has 10 nitrogen and oxygen atoms in total. The maximum atomic E-state index is 12.6. The molecule has 38 heavy (non-hydrogen) atoms. The molecule has 0 aliphatic rings. The van der Waals surface area contributed by atoms with E-state index < -0.39 is 27.6 Å². The van der Waals surface area contributed by atoms with E-state index in [1.54, 1.807) is 63.6 Å². The van der Waals surface area contributed by atoms with Crippen molar-refractivity contribution in [3.63, 3.8) is 0 Å². The number of carbonyl (C=O) groups excluding carboxylic acids is 2.